The first kappa shape index (κ1) is 15.3. The number of rotatable bonds is 3. The number of β-amino-alcohol motifs (C(OH)–C–C–N with tert-alkyl or cyclic N) is 1. The van der Waals surface area contributed by atoms with E-state index >= 15 is 0 Å². The minimum atomic E-state index is -1.00. The molecule has 1 aliphatic rings. The third kappa shape index (κ3) is 3.92. The van der Waals surface area contributed by atoms with E-state index in [-0.39, 0.29) is 5.91 Å². The Hall–Kier alpha value is -2.14. The molecule has 1 aromatic carbocycles. The molecule has 0 saturated carbocycles. The Balaban J connectivity index is 2.15. The number of benzene rings is 1. The van der Waals surface area contributed by atoms with Gasteiger partial charge in [0.2, 0.25) is 0 Å². The Morgan fingerprint density at radius 1 is 1.38 bits per heavy atom. The maximum atomic E-state index is 12.4. The van der Waals surface area contributed by atoms with Crippen molar-refractivity contribution in [3.05, 3.63) is 41.0 Å². The molecule has 112 valence electrons. The summed E-state index contributed by atoms with van der Waals surface area (Å²) in [5.41, 5.74) is 2.18. The second-order valence-electron chi connectivity index (χ2n) is 5.29. The summed E-state index contributed by atoms with van der Waals surface area (Å²) in [5, 5.41) is 18.3. The van der Waals surface area contributed by atoms with E-state index in [1.54, 1.807) is 23.1 Å². The highest BCUT2D eigenvalue weighted by Crippen LogP contribution is 2.17. The summed E-state index contributed by atoms with van der Waals surface area (Å²) in [6.45, 7) is 2.87. The standard InChI is InChI=1S/C16H19NO4/c1-11-9-13(5-4-12(11)6-7-15(19)20)16(21)17-8-2-3-14(18)10-17/h4-7,9,14,18H,2-3,8,10H2,1H3,(H,19,20)/b7-6+. The van der Waals surface area contributed by atoms with Crippen molar-refractivity contribution in [3.8, 4) is 0 Å². The van der Waals surface area contributed by atoms with E-state index < -0.39 is 12.1 Å². The van der Waals surface area contributed by atoms with Crippen LogP contribution in [0.4, 0.5) is 0 Å². The number of nitrogens with zero attached hydrogens (tertiary/aromatic N) is 1. The van der Waals surface area contributed by atoms with Gasteiger partial charge in [0.15, 0.2) is 0 Å². The topological polar surface area (TPSA) is 77.8 Å². The van der Waals surface area contributed by atoms with E-state index in [4.69, 9.17) is 5.11 Å². The van der Waals surface area contributed by atoms with Crippen LogP contribution >= 0.6 is 0 Å². The monoisotopic (exact) mass is 289 g/mol. The third-order valence-corrected chi connectivity index (χ3v) is 3.61. The highest BCUT2D eigenvalue weighted by Gasteiger charge is 2.23. The van der Waals surface area contributed by atoms with E-state index in [9.17, 15) is 14.7 Å². The third-order valence-electron chi connectivity index (χ3n) is 3.61. The van der Waals surface area contributed by atoms with Crippen molar-refractivity contribution in [2.24, 2.45) is 0 Å². The number of carbonyl (C=O) groups excluding carboxylic acids is 1. The molecule has 1 aliphatic heterocycles. The van der Waals surface area contributed by atoms with Gasteiger partial charge in [-0.1, -0.05) is 6.07 Å². The number of aliphatic hydroxyl groups excluding tert-OH is 1. The minimum Gasteiger partial charge on any atom is -0.478 e. The normalized spacial score (nSPS) is 19.0. The van der Waals surface area contributed by atoms with Crippen LogP contribution in [0.1, 0.15) is 34.3 Å². The highest BCUT2D eigenvalue weighted by atomic mass is 16.4. The maximum absolute atomic E-state index is 12.4. The van der Waals surface area contributed by atoms with Gasteiger partial charge in [-0.25, -0.2) is 4.79 Å². The molecule has 1 aromatic rings. The molecule has 5 heteroatoms. The van der Waals surface area contributed by atoms with Crippen LogP contribution in [0.3, 0.4) is 0 Å². The minimum absolute atomic E-state index is 0.0920. The van der Waals surface area contributed by atoms with Gasteiger partial charge in [0.25, 0.3) is 5.91 Å². The van der Waals surface area contributed by atoms with Gasteiger partial charge in [0, 0.05) is 24.7 Å². The Morgan fingerprint density at radius 2 is 2.14 bits per heavy atom. The average Bonchev–Trinajstić information content (AvgIpc) is 2.45. The zero-order valence-corrected chi connectivity index (χ0v) is 12.0. The molecule has 1 unspecified atom stereocenters. The van der Waals surface area contributed by atoms with Crippen molar-refractivity contribution < 1.29 is 19.8 Å². The van der Waals surface area contributed by atoms with Crippen LogP contribution in [-0.2, 0) is 4.79 Å². The Labute approximate surface area is 123 Å². The van der Waals surface area contributed by atoms with E-state index in [1.807, 2.05) is 6.92 Å². The number of hydrogen-bond acceptors (Lipinski definition) is 3. The fraction of sp³-hybridized carbons (Fsp3) is 0.375. The number of likely N-dealkylation sites (tertiary alicyclic amines) is 1. The number of carboxylic acid groups (broad SMARTS) is 1. The van der Waals surface area contributed by atoms with Gasteiger partial charge in [-0.05, 0) is 49.1 Å². The first-order valence-electron chi connectivity index (χ1n) is 6.96. The summed E-state index contributed by atoms with van der Waals surface area (Å²) in [6.07, 6.45) is 3.69. The number of carbonyl (C=O) groups is 2. The molecule has 2 N–H and O–H groups in total. The lowest BCUT2D eigenvalue weighted by Gasteiger charge is -2.30. The second-order valence-corrected chi connectivity index (χ2v) is 5.29. The average molecular weight is 289 g/mol. The molecule has 2 rings (SSSR count). The van der Waals surface area contributed by atoms with Crippen LogP contribution in [0.25, 0.3) is 6.08 Å². The molecule has 5 nitrogen and oxygen atoms in total. The number of hydrogen-bond donors (Lipinski definition) is 2. The van der Waals surface area contributed by atoms with Gasteiger partial charge in [0.05, 0.1) is 6.10 Å². The number of piperidine rings is 1. The van der Waals surface area contributed by atoms with Crippen LogP contribution in [-0.4, -0.2) is 46.2 Å². The van der Waals surface area contributed by atoms with E-state index in [0.717, 1.165) is 30.0 Å². The van der Waals surface area contributed by atoms with Gasteiger partial charge < -0.3 is 15.1 Å². The Bertz CT molecular complexity index is 580. The van der Waals surface area contributed by atoms with Crippen LogP contribution in [0.15, 0.2) is 24.3 Å². The first-order chi connectivity index (χ1) is 9.97. The predicted molar refractivity (Wildman–Crippen MR) is 79.0 cm³/mol. The molecule has 21 heavy (non-hydrogen) atoms. The summed E-state index contributed by atoms with van der Waals surface area (Å²) < 4.78 is 0. The lowest BCUT2D eigenvalue weighted by molar-refractivity contribution is -0.131. The quantitative estimate of drug-likeness (QED) is 0.830. The number of carboxylic acids is 1. The lowest BCUT2D eigenvalue weighted by atomic mass is 10.0. The number of aryl methyl sites for hydroxylation is 1. The molecule has 0 aromatic heterocycles. The van der Waals surface area contributed by atoms with Crippen LogP contribution in [0, 0.1) is 6.92 Å². The SMILES string of the molecule is Cc1cc(C(=O)N2CCCC(O)C2)ccc1/C=C/C(=O)O. The molecule has 1 heterocycles. The summed E-state index contributed by atoms with van der Waals surface area (Å²) in [7, 11) is 0. The number of amides is 1. The van der Waals surface area contributed by atoms with Crippen LogP contribution in [0.5, 0.6) is 0 Å². The van der Waals surface area contributed by atoms with Gasteiger partial charge in [-0.2, -0.15) is 0 Å². The van der Waals surface area contributed by atoms with E-state index in [0.29, 0.717) is 18.7 Å². The molecule has 0 radical (unpaired) electrons. The van der Waals surface area contributed by atoms with Gasteiger partial charge in [0.1, 0.15) is 0 Å². The highest BCUT2D eigenvalue weighted by molar-refractivity contribution is 5.95. The van der Waals surface area contributed by atoms with E-state index in [1.165, 1.54) is 6.08 Å². The largest absolute Gasteiger partial charge is 0.478 e. The summed E-state index contributed by atoms with van der Waals surface area (Å²) >= 11 is 0. The van der Waals surface area contributed by atoms with Gasteiger partial charge in [-0.15, -0.1) is 0 Å². The molecule has 1 amide bonds. The Kier molecular flexibility index (Phi) is 4.75. The molecule has 1 fully saturated rings. The van der Waals surface area contributed by atoms with Crippen molar-refractivity contribution in [1.29, 1.82) is 0 Å². The first-order valence-corrected chi connectivity index (χ1v) is 6.96. The molecule has 1 atom stereocenters. The van der Waals surface area contributed by atoms with Gasteiger partial charge >= 0.3 is 5.97 Å². The van der Waals surface area contributed by atoms with Crippen LogP contribution < -0.4 is 0 Å². The molecular formula is C16H19NO4. The van der Waals surface area contributed by atoms with Crippen molar-refractivity contribution in [1.82, 2.24) is 4.90 Å². The zero-order valence-electron chi connectivity index (χ0n) is 12.0. The zero-order chi connectivity index (χ0) is 15.4. The summed E-state index contributed by atoms with van der Waals surface area (Å²) in [6, 6.07) is 5.19. The predicted octanol–water partition coefficient (Wildman–Crippen LogP) is 1.69. The fourth-order valence-corrected chi connectivity index (χ4v) is 2.48. The summed E-state index contributed by atoms with van der Waals surface area (Å²) in [5.74, 6) is -1.09. The lowest BCUT2D eigenvalue weighted by Crippen LogP contribution is -2.42. The van der Waals surface area contributed by atoms with Crippen molar-refractivity contribution in [2.45, 2.75) is 25.9 Å². The number of aliphatic hydroxyl groups is 1. The smallest absolute Gasteiger partial charge is 0.328 e. The molecular weight excluding hydrogens is 270 g/mol. The molecule has 0 aliphatic carbocycles. The fourth-order valence-electron chi connectivity index (χ4n) is 2.48. The molecule has 0 spiro atoms. The number of aliphatic carboxylic acids is 1. The molecule has 0 bridgehead atoms. The summed E-state index contributed by atoms with van der Waals surface area (Å²) in [4.78, 5) is 24.6. The second kappa shape index (κ2) is 6.54. The van der Waals surface area contributed by atoms with E-state index in [2.05, 4.69) is 0 Å². The van der Waals surface area contributed by atoms with Crippen molar-refractivity contribution in [3.63, 3.8) is 0 Å². The maximum Gasteiger partial charge on any atom is 0.328 e. The molecule has 1 saturated heterocycles. The van der Waals surface area contributed by atoms with Crippen LogP contribution in [0.2, 0.25) is 0 Å². The van der Waals surface area contributed by atoms with Crippen molar-refractivity contribution >= 4 is 18.0 Å². The van der Waals surface area contributed by atoms with Crippen molar-refractivity contribution in [2.75, 3.05) is 13.1 Å². The Morgan fingerprint density at radius 3 is 2.76 bits per heavy atom. The van der Waals surface area contributed by atoms with Gasteiger partial charge in [-0.3, -0.25) is 4.79 Å².